The predicted molar refractivity (Wildman–Crippen MR) is 112 cm³/mol. The Morgan fingerprint density at radius 2 is 1.93 bits per heavy atom. The van der Waals surface area contributed by atoms with E-state index in [1.54, 1.807) is 0 Å². The Morgan fingerprint density at radius 1 is 1.15 bits per heavy atom. The lowest BCUT2D eigenvalue weighted by molar-refractivity contribution is 0.498. The van der Waals surface area contributed by atoms with Crippen molar-refractivity contribution >= 4 is 39.7 Å². The highest BCUT2D eigenvalue weighted by molar-refractivity contribution is 6.31. The molecule has 0 radical (unpaired) electrons. The van der Waals surface area contributed by atoms with Gasteiger partial charge in [0.25, 0.3) is 0 Å². The van der Waals surface area contributed by atoms with Crippen LogP contribution in [0.1, 0.15) is 31.4 Å². The number of benzene rings is 2. The van der Waals surface area contributed by atoms with Gasteiger partial charge in [-0.05, 0) is 56.7 Å². The summed E-state index contributed by atoms with van der Waals surface area (Å²) in [6, 6.07) is 12.9. The summed E-state index contributed by atoms with van der Waals surface area (Å²) in [5, 5.41) is 1.60. The molecule has 0 unspecified atom stereocenters. The monoisotopic (exact) mass is 380 g/mol. The smallest absolute Gasteiger partial charge is 0.336 e. The maximum Gasteiger partial charge on any atom is 0.336 e. The van der Waals surface area contributed by atoms with Gasteiger partial charge in [-0.1, -0.05) is 17.7 Å². The van der Waals surface area contributed by atoms with Gasteiger partial charge in [0.1, 0.15) is 5.58 Å². The molecule has 27 heavy (non-hydrogen) atoms. The molecule has 4 rings (SSSR count). The van der Waals surface area contributed by atoms with Crippen LogP contribution < -0.4 is 10.5 Å². The SMILES string of the molecule is Cc1c(Cl)cccc1N=C1CC(C)(C)N(C)c2ccc3oc(=O)ccc3c21. The summed E-state index contributed by atoms with van der Waals surface area (Å²) >= 11 is 6.30. The van der Waals surface area contributed by atoms with Gasteiger partial charge in [-0.15, -0.1) is 0 Å². The molecule has 1 aromatic heterocycles. The van der Waals surface area contributed by atoms with Gasteiger partial charge < -0.3 is 9.32 Å². The Morgan fingerprint density at radius 3 is 2.70 bits per heavy atom. The molecule has 5 heteroatoms. The molecule has 3 aromatic rings. The average Bonchev–Trinajstić information content (AvgIpc) is 2.62. The molecule has 4 nitrogen and oxygen atoms in total. The number of rotatable bonds is 1. The van der Waals surface area contributed by atoms with Gasteiger partial charge in [-0.25, -0.2) is 4.79 Å². The highest BCUT2D eigenvalue weighted by Gasteiger charge is 2.35. The molecule has 0 atom stereocenters. The summed E-state index contributed by atoms with van der Waals surface area (Å²) in [4.78, 5) is 18.9. The highest BCUT2D eigenvalue weighted by atomic mass is 35.5. The van der Waals surface area contributed by atoms with E-state index in [0.717, 1.165) is 40.0 Å². The van der Waals surface area contributed by atoms with Crippen LogP contribution in [0, 0.1) is 6.92 Å². The minimum atomic E-state index is -0.351. The summed E-state index contributed by atoms with van der Waals surface area (Å²) in [6.45, 7) is 6.38. The van der Waals surface area contributed by atoms with Gasteiger partial charge >= 0.3 is 5.63 Å². The zero-order chi connectivity index (χ0) is 19.3. The van der Waals surface area contributed by atoms with Crippen LogP contribution in [-0.4, -0.2) is 18.3 Å². The number of halogens is 1. The summed E-state index contributed by atoms with van der Waals surface area (Å²) in [7, 11) is 2.09. The minimum Gasteiger partial charge on any atom is -0.423 e. The summed E-state index contributed by atoms with van der Waals surface area (Å²) < 4.78 is 5.41. The normalized spacial score (nSPS) is 17.4. The van der Waals surface area contributed by atoms with Crippen LogP contribution in [0.4, 0.5) is 11.4 Å². The van der Waals surface area contributed by atoms with Crippen LogP contribution in [0.15, 0.2) is 56.7 Å². The maximum atomic E-state index is 11.7. The molecule has 0 aliphatic carbocycles. The molecule has 1 aliphatic heterocycles. The Bertz CT molecular complexity index is 1140. The van der Waals surface area contributed by atoms with Gasteiger partial charge in [0.15, 0.2) is 0 Å². The van der Waals surface area contributed by atoms with E-state index in [9.17, 15) is 4.79 Å². The molecular formula is C22H21ClN2O2. The Hall–Kier alpha value is -2.59. The number of anilines is 1. The third kappa shape index (κ3) is 2.94. The molecule has 0 amide bonds. The van der Waals surface area contributed by atoms with Crippen molar-refractivity contribution in [1.82, 2.24) is 0 Å². The van der Waals surface area contributed by atoms with Crippen molar-refractivity contribution in [2.75, 3.05) is 11.9 Å². The van der Waals surface area contributed by atoms with Gasteiger partial charge in [0.2, 0.25) is 0 Å². The summed E-state index contributed by atoms with van der Waals surface area (Å²) in [6.07, 6.45) is 0.765. The van der Waals surface area contributed by atoms with Gasteiger partial charge in [-0.3, -0.25) is 4.99 Å². The van der Waals surface area contributed by atoms with E-state index in [0.29, 0.717) is 10.6 Å². The first-order valence-electron chi connectivity index (χ1n) is 8.92. The van der Waals surface area contributed by atoms with Gasteiger partial charge in [-0.2, -0.15) is 0 Å². The lowest BCUT2D eigenvalue weighted by atomic mass is 9.84. The van der Waals surface area contributed by atoms with Crippen LogP contribution in [0.5, 0.6) is 0 Å². The zero-order valence-electron chi connectivity index (χ0n) is 15.8. The maximum absolute atomic E-state index is 11.7. The quantitative estimate of drug-likeness (QED) is 0.524. The Labute approximate surface area is 163 Å². The van der Waals surface area contributed by atoms with E-state index in [2.05, 4.69) is 25.8 Å². The van der Waals surface area contributed by atoms with Gasteiger partial charge in [0, 0.05) is 46.7 Å². The van der Waals surface area contributed by atoms with Crippen molar-refractivity contribution in [3.05, 3.63) is 69.0 Å². The van der Waals surface area contributed by atoms with E-state index >= 15 is 0 Å². The number of nitrogens with zero attached hydrogens (tertiary/aromatic N) is 2. The molecule has 1 aliphatic rings. The predicted octanol–water partition coefficient (Wildman–Crippen LogP) is 5.49. The van der Waals surface area contributed by atoms with Crippen LogP contribution in [0.25, 0.3) is 11.0 Å². The highest BCUT2D eigenvalue weighted by Crippen LogP contribution is 2.40. The van der Waals surface area contributed by atoms with Crippen LogP contribution >= 0.6 is 11.6 Å². The molecule has 0 saturated heterocycles. The van der Waals surface area contributed by atoms with Crippen molar-refractivity contribution in [2.24, 2.45) is 4.99 Å². The Kier molecular flexibility index (Phi) is 4.11. The van der Waals surface area contributed by atoms with Crippen molar-refractivity contribution in [3.8, 4) is 0 Å². The van der Waals surface area contributed by atoms with Crippen molar-refractivity contribution in [3.63, 3.8) is 0 Å². The standard InChI is InChI=1S/C22H21ClN2O2/c1-13-15(23)6-5-7-16(13)24-17-12-22(2,3)25(4)18-9-10-19-14(21(17)18)8-11-20(26)27-19/h5-11H,12H2,1-4H3. The number of fused-ring (bicyclic) bond motifs is 3. The second kappa shape index (κ2) is 6.24. The lowest BCUT2D eigenvalue weighted by Crippen LogP contribution is -2.47. The van der Waals surface area contributed by atoms with E-state index in [1.807, 2.05) is 43.3 Å². The van der Waals surface area contributed by atoms with Gasteiger partial charge in [0.05, 0.1) is 11.4 Å². The third-order valence-corrected chi connectivity index (χ3v) is 5.84. The fourth-order valence-corrected chi connectivity index (χ4v) is 3.79. The molecule has 0 saturated carbocycles. The van der Waals surface area contributed by atoms with E-state index in [1.165, 1.54) is 6.07 Å². The fraction of sp³-hybridized carbons (Fsp3) is 0.273. The molecule has 0 fully saturated rings. The molecule has 138 valence electrons. The number of hydrogen-bond donors (Lipinski definition) is 0. The van der Waals surface area contributed by atoms with Crippen LogP contribution in [0.3, 0.4) is 0 Å². The molecule has 2 aromatic carbocycles. The van der Waals surface area contributed by atoms with Crippen LogP contribution in [-0.2, 0) is 0 Å². The third-order valence-electron chi connectivity index (χ3n) is 5.43. The van der Waals surface area contributed by atoms with Crippen LogP contribution in [0.2, 0.25) is 5.02 Å². The molecule has 0 spiro atoms. The van der Waals surface area contributed by atoms with E-state index in [4.69, 9.17) is 21.0 Å². The first kappa shape index (κ1) is 17.8. The molecule has 0 N–H and O–H groups in total. The zero-order valence-corrected chi connectivity index (χ0v) is 16.6. The second-order valence-electron chi connectivity index (χ2n) is 7.62. The topological polar surface area (TPSA) is 45.8 Å². The fourth-order valence-electron chi connectivity index (χ4n) is 3.62. The molecule has 2 heterocycles. The number of hydrogen-bond acceptors (Lipinski definition) is 4. The van der Waals surface area contributed by atoms with Crippen molar-refractivity contribution < 1.29 is 4.42 Å². The largest absolute Gasteiger partial charge is 0.423 e. The molecular weight excluding hydrogens is 360 g/mol. The minimum absolute atomic E-state index is 0.0956. The van der Waals surface area contributed by atoms with Crippen molar-refractivity contribution in [1.29, 1.82) is 0 Å². The van der Waals surface area contributed by atoms with Crippen molar-refractivity contribution in [2.45, 2.75) is 32.7 Å². The van der Waals surface area contributed by atoms with E-state index < -0.39 is 0 Å². The summed E-state index contributed by atoms with van der Waals surface area (Å²) in [5.41, 5.74) is 5.00. The Balaban J connectivity index is 2.04. The summed E-state index contributed by atoms with van der Waals surface area (Å²) in [5.74, 6) is 0. The lowest BCUT2D eigenvalue weighted by Gasteiger charge is -2.43. The average molecular weight is 381 g/mol. The van der Waals surface area contributed by atoms with E-state index in [-0.39, 0.29) is 11.2 Å². The molecule has 0 bridgehead atoms. The number of aliphatic imine (C=N–C) groups is 1. The second-order valence-corrected chi connectivity index (χ2v) is 8.02. The first-order chi connectivity index (χ1) is 12.8. The first-order valence-corrected chi connectivity index (χ1v) is 9.29.